The lowest BCUT2D eigenvalue weighted by atomic mass is 10.1. The molecule has 0 unspecified atom stereocenters. The van der Waals surface area contributed by atoms with Crippen molar-refractivity contribution >= 4 is 44.2 Å². The lowest BCUT2D eigenvalue weighted by molar-refractivity contribution is 0.102. The summed E-state index contributed by atoms with van der Waals surface area (Å²) in [7, 11) is 0. The minimum atomic E-state index is -0.201. The van der Waals surface area contributed by atoms with Gasteiger partial charge in [-0.25, -0.2) is 9.97 Å². The molecule has 5 rings (SSSR count). The van der Waals surface area contributed by atoms with Gasteiger partial charge in [-0.3, -0.25) is 9.20 Å². The van der Waals surface area contributed by atoms with Crippen LogP contribution in [0.25, 0.3) is 27.9 Å². The Morgan fingerprint density at radius 2 is 1.89 bits per heavy atom. The van der Waals surface area contributed by atoms with Crippen molar-refractivity contribution in [3.8, 4) is 11.3 Å². The van der Waals surface area contributed by atoms with Crippen LogP contribution in [-0.2, 0) is 0 Å². The fourth-order valence-electron chi connectivity index (χ4n) is 3.15. The van der Waals surface area contributed by atoms with Crippen molar-refractivity contribution in [3.05, 3.63) is 83.4 Å². The van der Waals surface area contributed by atoms with Crippen LogP contribution in [0.5, 0.6) is 0 Å². The number of nitrogens with zero attached hydrogens (tertiary/aromatic N) is 3. The van der Waals surface area contributed by atoms with Gasteiger partial charge in [0.25, 0.3) is 5.91 Å². The van der Waals surface area contributed by atoms with Gasteiger partial charge in [0.2, 0.25) is 5.78 Å². The van der Waals surface area contributed by atoms with Crippen molar-refractivity contribution in [2.75, 3.05) is 5.32 Å². The number of nitrogens with one attached hydrogen (secondary N) is 2. The molecule has 0 aliphatic heterocycles. The molecule has 7 heteroatoms. The molecule has 5 aromatic rings. The zero-order chi connectivity index (χ0) is 19.1. The van der Waals surface area contributed by atoms with E-state index in [1.165, 1.54) is 0 Å². The summed E-state index contributed by atoms with van der Waals surface area (Å²) in [5.74, 6) is 0.450. The Bertz CT molecular complexity index is 1290. The van der Waals surface area contributed by atoms with Gasteiger partial charge in [0, 0.05) is 40.7 Å². The first kappa shape index (κ1) is 16.7. The first-order chi connectivity index (χ1) is 13.7. The highest BCUT2D eigenvalue weighted by Crippen LogP contribution is 2.28. The van der Waals surface area contributed by atoms with Crippen molar-refractivity contribution in [1.29, 1.82) is 0 Å². The van der Waals surface area contributed by atoms with Gasteiger partial charge in [0.15, 0.2) is 0 Å². The molecule has 2 N–H and O–H groups in total. The Kier molecular flexibility index (Phi) is 3.95. The third-order valence-electron chi connectivity index (χ3n) is 4.54. The molecule has 136 valence electrons. The minimum absolute atomic E-state index is 0.201. The SMILES string of the molecule is O=C(Nc1ccc(-c2cn3cccnc3n2)cc1)c1[nH]c2ccccc2c1Br. The van der Waals surface area contributed by atoms with Crippen molar-refractivity contribution in [1.82, 2.24) is 19.4 Å². The summed E-state index contributed by atoms with van der Waals surface area (Å²) in [4.78, 5) is 24.6. The summed E-state index contributed by atoms with van der Waals surface area (Å²) in [6.45, 7) is 0. The molecule has 0 bridgehead atoms. The first-order valence-corrected chi connectivity index (χ1v) is 9.46. The summed E-state index contributed by atoms with van der Waals surface area (Å²) in [6.07, 6.45) is 5.55. The smallest absolute Gasteiger partial charge is 0.273 e. The van der Waals surface area contributed by atoms with Crippen LogP contribution in [0, 0.1) is 0 Å². The Balaban J connectivity index is 1.39. The molecule has 0 fully saturated rings. The summed E-state index contributed by atoms with van der Waals surface area (Å²) < 4.78 is 2.63. The summed E-state index contributed by atoms with van der Waals surface area (Å²) in [6, 6.07) is 17.2. The van der Waals surface area contributed by atoms with E-state index >= 15 is 0 Å². The number of fused-ring (bicyclic) bond motifs is 2. The monoisotopic (exact) mass is 431 g/mol. The maximum Gasteiger partial charge on any atom is 0.273 e. The van der Waals surface area contributed by atoms with Gasteiger partial charge < -0.3 is 10.3 Å². The van der Waals surface area contributed by atoms with Crippen molar-refractivity contribution in [3.63, 3.8) is 0 Å². The first-order valence-electron chi connectivity index (χ1n) is 8.67. The normalized spacial score (nSPS) is 11.2. The van der Waals surface area contributed by atoms with E-state index in [0.717, 1.165) is 26.6 Å². The molecule has 0 saturated carbocycles. The summed E-state index contributed by atoms with van der Waals surface area (Å²) in [5, 5.41) is 3.90. The van der Waals surface area contributed by atoms with Gasteiger partial charge in [0.05, 0.1) is 10.2 Å². The zero-order valence-electron chi connectivity index (χ0n) is 14.6. The number of para-hydroxylation sites is 1. The maximum absolute atomic E-state index is 12.7. The largest absolute Gasteiger partial charge is 0.350 e. The second-order valence-corrected chi connectivity index (χ2v) is 7.14. The molecular formula is C21H14BrN5O. The minimum Gasteiger partial charge on any atom is -0.350 e. The molecule has 0 aliphatic carbocycles. The average Bonchev–Trinajstić information content (AvgIpc) is 3.30. The topological polar surface area (TPSA) is 75.1 Å². The molecule has 1 amide bonds. The van der Waals surface area contributed by atoms with E-state index in [2.05, 4.69) is 36.2 Å². The molecule has 6 nitrogen and oxygen atoms in total. The second-order valence-electron chi connectivity index (χ2n) is 6.34. The number of anilines is 1. The predicted molar refractivity (Wildman–Crippen MR) is 112 cm³/mol. The number of aromatic nitrogens is 4. The molecule has 3 heterocycles. The van der Waals surface area contributed by atoms with Gasteiger partial charge >= 0.3 is 0 Å². The average molecular weight is 432 g/mol. The van der Waals surface area contributed by atoms with E-state index < -0.39 is 0 Å². The van der Waals surface area contributed by atoms with Crippen molar-refractivity contribution in [2.24, 2.45) is 0 Å². The van der Waals surface area contributed by atoms with E-state index in [9.17, 15) is 4.79 Å². The lowest BCUT2D eigenvalue weighted by Crippen LogP contribution is -2.12. The highest BCUT2D eigenvalue weighted by molar-refractivity contribution is 9.10. The number of halogens is 1. The van der Waals surface area contributed by atoms with Crippen LogP contribution in [-0.4, -0.2) is 25.3 Å². The van der Waals surface area contributed by atoms with Gasteiger partial charge in [-0.2, -0.15) is 0 Å². The standard InChI is InChI=1S/C21H14BrN5O/c22-18-15-4-1-2-5-16(15)25-19(18)20(28)24-14-8-6-13(7-9-14)17-12-27-11-3-10-23-21(27)26-17/h1-12,25H,(H,24,28). The van der Waals surface area contributed by atoms with Crippen LogP contribution in [0.3, 0.4) is 0 Å². The van der Waals surface area contributed by atoms with Crippen molar-refractivity contribution < 1.29 is 4.79 Å². The molecular weight excluding hydrogens is 418 g/mol. The third-order valence-corrected chi connectivity index (χ3v) is 5.37. The number of imidazole rings is 1. The van der Waals surface area contributed by atoms with Gasteiger partial charge in [-0.15, -0.1) is 0 Å². The Hall–Kier alpha value is -3.45. The fourth-order valence-corrected chi connectivity index (χ4v) is 3.78. The number of benzene rings is 2. The molecule has 28 heavy (non-hydrogen) atoms. The summed E-state index contributed by atoms with van der Waals surface area (Å²) >= 11 is 3.52. The number of carbonyl (C=O) groups excluding carboxylic acids is 1. The Morgan fingerprint density at radius 1 is 1.07 bits per heavy atom. The number of hydrogen-bond acceptors (Lipinski definition) is 3. The van der Waals surface area contributed by atoms with E-state index in [1.54, 1.807) is 6.20 Å². The number of rotatable bonds is 3. The van der Waals surface area contributed by atoms with Gasteiger partial charge in [-0.1, -0.05) is 30.3 Å². The van der Waals surface area contributed by atoms with E-state index in [-0.39, 0.29) is 5.91 Å². The van der Waals surface area contributed by atoms with Crippen molar-refractivity contribution in [2.45, 2.75) is 0 Å². The molecule has 0 aliphatic rings. The fraction of sp³-hybridized carbons (Fsp3) is 0. The van der Waals surface area contributed by atoms with Gasteiger partial charge in [0.1, 0.15) is 5.69 Å². The highest BCUT2D eigenvalue weighted by atomic mass is 79.9. The Labute approximate surface area is 168 Å². The number of H-pyrrole nitrogens is 1. The highest BCUT2D eigenvalue weighted by Gasteiger charge is 2.16. The van der Waals surface area contributed by atoms with Crippen LogP contribution in [0.2, 0.25) is 0 Å². The molecule has 0 saturated heterocycles. The molecule has 2 aromatic carbocycles. The number of hydrogen-bond donors (Lipinski definition) is 2. The van der Waals surface area contributed by atoms with Crippen LogP contribution < -0.4 is 5.32 Å². The molecule has 0 spiro atoms. The van der Waals surface area contributed by atoms with Crippen LogP contribution in [0.4, 0.5) is 5.69 Å². The maximum atomic E-state index is 12.7. The van der Waals surface area contributed by atoms with Gasteiger partial charge in [-0.05, 0) is 40.2 Å². The number of aromatic amines is 1. The van der Waals surface area contributed by atoms with E-state index in [0.29, 0.717) is 17.2 Å². The van der Waals surface area contributed by atoms with E-state index in [1.807, 2.05) is 71.4 Å². The molecule has 0 atom stereocenters. The van der Waals surface area contributed by atoms with Crippen LogP contribution in [0.1, 0.15) is 10.5 Å². The zero-order valence-corrected chi connectivity index (χ0v) is 16.1. The van der Waals surface area contributed by atoms with Crippen LogP contribution in [0.15, 0.2) is 77.7 Å². The summed E-state index contributed by atoms with van der Waals surface area (Å²) in [5.41, 5.74) is 3.90. The Morgan fingerprint density at radius 3 is 2.68 bits per heavy atom. The number of carbonyl (C=O) groups is 1. The van der Waals surface area contributed by atoms with Crippen LogP contribution >= 0.6 is 15.9 Å². The lowest BCUT2D eigenvalue weighted by Gasteiger charge is -2.05. The predicted octanol–water partition coefficient (Wildman–Crippen LogP) is 4.89. The van der Waals surface area contributed by atoms with E-state index in [4.69, 9.17) is 0 Å². The third kappa shape index (κ3) is 2.86. The quantitative estimate of drug-likeness (QED) is 0.426. The second kappa shape index (κ2) is 6.61. The number of amides is 1. The molecule has 3 aromatic heterocycles. The molecule has 0 radical (unpaired) electrons.